The summed E-state index contributed by atoms with van der Waals surface area (Å²) in [7, 11) is 0. The van der Waals surface area contributed by atoms with Crippen LogP contribution in [0.2, 0.25) is 0 Å². The summed E-state index contributed by atoms with van der Waals surface area (Å²) in [6.45, 7) is 9.13. The van der Waals surface area contributed by atoms with Gasteiger partial charge in [0.15, 0.2) is 0 Å². The fourth-order valence-electron chi connectivity index (χ4n) is 2.66. The van der Waals surface area contributed by atoms with E-state index in [1.807, 2.05) is 0 Å². The number of hydrogen-bond acceptors (Lipinski definition) is 4. The first kappa shape index (κ1) is 15.4. The highest BCUT2D eigenvalue weighted by molar-refractivity contribution is 9.10. The summed E-state index contributed by atoms with van der Waals surface area (Å²) in [5.74, 6) is 0. The summed E-state index contributed by atoms with van der Waals surface area (Å²) in [5.41, 5.74) is 6.30. The summed E-state index contributed by atoms with van der Waals surface area (Å²) in [5, 5.41) is 2.14. The summed E-state index contributed by atoms with van der Waals surface area (Å²) in [6, 6.07) is 2.66. The van der Waals surface area contributed by atoms with Crippen molar-refractivity contribution in [1.29, 1.82) is 0 Å². The number of nitrogens with zero attached hydrogens (tertiary/aromatic N) is 1. The van der Waals surface area contributed by atoms with Crippen molar-refractivity contribution in [2.75, 3.05) is 19.7 Å². The molecule has 2 rings (SSSR count). The van der Waals surface area contributed by atoms with Gasteiger partial charge in [-0.25, -0.2) is 0 Å². The summed E-state index contributed by atoms with van der Waals surface area (Å²) in [6.07, 6.45) is 0.984. The number of morpholine rings is 1. The second kappa shape index (κ2) is 6.22. The number of halogens is 1. The first-order chi connectivity index (χ1) is 8.93. The molecule has 1 aliphatic heterocycles. The standard InChI is InChI=1S/C14H23BrN2OS/c1-4-11(16)13(12-7-10(15)8-19-12)17-5-6-18-14(2,3)9-17/h7-8,11,13H,4-6,9,16H2,1-3H3. The van der Waals surface area contributed by atoms with Crippen molar-refractivity contribution in [2.24, 2.45) is 5.73 Å². The Balaban J connectivity index is 2.22. The number of ether oxygens (including phenoxy) is 1. The Morgan fingerprint density at radius 1 is 1.58 bits per heavy atom. The zero-order valence-corrected chi connectivity index (χ0v) is 14.3. The smallest absolute Gasteiger partial charge is 0.0753 e. The maximum Gasteiger partial charge on any atom is 0.0753 e. The molecule has 0 amide bonds. The fraction of sp³-hybridized carbons (Fsp3) is 0.714. The topological polar surface area (TPSA) is 38.5 Å². The molecule has 0 saturated carbocycles. The Kier molecular flexibility index (Phi) is 5.06. The average Bonchev–Trinajstić information content (AvgIpc) is 2.74. The molecule has 1 aromatic rings. The maximum absolute atomic E-state index is 6.39. The van der Waals surface area contributed by atoms with Crippen LogP contribution in [-0.2, 0) is 4.74 Å². The minimum absolute atomic E-state index is 0.0849. The van der Waals surface area contributed by atoms with Crippen LogP contribution in [0.3, 0.4) is 0 Å². The molecule has 1 fully saturated rings. The van der Waals surface area contributed by atoms with Crippen LogP contribution < -0.4 is 5.73 Å². The van der Waals surface area contributed by atoms with E-state index < -0.39 is 0 Å². The van der Waals surface area contributed by atoms with Gasteiger partial charge >= 0.3 is 0 Å². The predicted octanol–water partition coefficient (Wildman–Crippen LogP) is 3.40. The van der Waals surface area contributed by atoms with Crippen molar-refractivity contribution >= 4 is 27.3 Å². The highest BCUT2D eigenvalue weighted by atomic mass is 79.9. The van der Waals surface area contributed by atoms with Crippen molar-refractivity contribution in [3.05, 3.63) is 20.8 Å². The van der Waals surface area contributed by atoms with Gasteiger partial charge in [0.2, 0.25) is 0 Å². The Morgan fingerprint density at radius 3 is 2.84 bits per heavy atom. The van der Waals surface area contributed by atoms with Crippen LogP contribution in [0, 0.1) is 0 Å². The molecule has 3 nitrogen and oxygen atoms in total. The Labute approximate surface area is 128 Å². The van der Waals surface area contributed by atoms with Gasteiger partial charge in [-0.05, 0) is 42.3 Å². The van der Waals surface area contributed by atoms with E-state index in [0.29, 0.717) is 6.04 Å². The molecule has 19 heavy (non-hydrogen) atoms. The SMILES string of the molecule is CCC(N)C(c1cc(Br)cs1)N1CCOC(C)(C)C1. The van der Waals surface area contributed by atoms with Gasteiger partial charge in [-0.15, -0.1) is 11.3 Å². The molecule has 0 aliphatic carbocycles. The van der Waals surface area contributed by atoms with Gasteiger partial charge in [0.05, 0.1) is 18.2 Å². The summed E-state index contributed by atoms with van der Waals surface area (Å²) in [4.78, 5) is 3.83. The lowest BCUT2D eigenvalue weighted by Gasteiger charge is -2.43. The molecule has 0 bridgehead atoms. The largest absolute Gasteiger partial charge is 0.373 e. The van der Waals surface area contributed by atoms with E-state index in [1.54, 1.807) is 11.3 Å². The fourth-order valence-corrected chi connectivity index (χ4v) is 4.31. The molecule has 0 spiro atoms. The van der Waals surface area contributed by atoms with E-state index in [0.717, 1.165) is 30.6 Å². The third-order valence-corrected chi connectivity index (χ3v) is 5.37. The van der Waals surface area contributed by atoms with E-state index in [1.165, 1.54) is 4.88 Å². The molecule has 1 saturated heterocycles. The van der Waals surface area contributed by atoms with Crippen LogP contribution >= 0.6 is 27.3 Å². The van der Waals surface area contributed by atoms with Gasteiger partial charge in [0.25, 0.3) is 0 Å². The van der Waals surface area contributed by atoms with Crippen LogP contribution in [0.4, 0.5) is 0 Å². The van der Waals surface area contributed by atoms with Gasteiger partial charge < -0.3 is 10.5 Å². The van der Waals surface area contributed by atoms with Gasteiger partial charge in [0.1, 0.15) is 0 Å². The monoisotopic (exact) mass is 346 g/mol. The van der Waals surface area contributed by atoms with Gasteiger partial charge in [-0.3, -0.25) is 4.90 Å². The highest BCUT2D eigenvalue weighted by Crippen LogP contribution is 2.34. The molecule has 108 valence electrons. The molecule has 1 aromatic heterocycles. The average molecular weight is 347 g/mol. The van der Waals surface area contributed by atoms with Crippen LogP contribution in [0.5, 0.6) is 0 Å². The van der Waals surface area contributed by atoms with Crippen molar-refractivity contribution < 1.29 is 4.74 Å². The molecule has 0 aromatic carbocycles. The maximum atomic E-state index is 6.39. The molecule has 2 unspecified atom stereocenters. The van der Waals surface area contributed by atoms with Crippen molar-refractivity contribution in [2.45, 2.75) is 44.9 Å². The summed E-state index contributed by atoms with van der Waals surface area (Å²) >= 11 is 5.33. The Hall–Kier alpha value is 0.0600. The van der Waals surface area contributed by atoms with Gasteiger partial charge in [-0.2, -0.15) is 0 Å². The first-order valence-corrected chi connectivity index (χ1v) is 8.48. The summed E-state index contributed by atoms with van der Waals surface area (Å²) < 4.78 is 6.96. The molecular weight excluding hydrogens is 324 g/mol. The zero-order valence-electron chi connectivity index (χ0n) is 11.9. The molecule has 2 heterocycles. The minimum Gasteiger partial charge on any atom is -0.373 e. The number of thiophene rings is 1. The quantitative estimate of drug-likeness (QED) is 0.907. The van der Waals surface area contributed by atoms with E-state index in [4.69, 9.17) is 10.5 Å². The first-order valence-electron chi connectivity index (χ1n) is 6.80. The molecule has 2 N–H and O–H groups in total. The number of rotatable bonds is 4. The lowest BCUT2D eigenvalue weighted by atomic mass is 9.99. The molecule has 0 radical (unpaired) electrons. The van der Waals surface area contributed by atoms with Gasteiger partial charge in [0, 0.05) is 33.9 Å². The second-order valence-electron chi connectivity index (χ2n) is 5.76. The zero-order chi connectivity index (χ0) is 14.0. The number of hydrogen-bond donors (Lipinski definition) is 1. The lowest BCUT2D eigenvalue weighted by Crippen LogP contribution is -2.52. The van der Waals surface area contributed by atoms with Crippen molar-refractivity contribution in [3.63, 3.8) is 0 Å². The van der Waals surface area contributed by atoms with Crippen LogP contribution in [-0.4, -0.2) is 36.2 Å². The van der Waals surface area contributed by atoms with Crippen LogP contribution in [0.1, 0.15) is 38.1 Å². The van der Waals surface area contributed by atoms with E-state index in [2.05, 4.69) is 53.0 Å². The molecular formula is C14H23BrN2OS. The van der Waals surface area contributed by atoms with Crippen LogP contribution in [0.25, 0.3) is 0 Å². The number of nitrogens with two attached hydrogens (primary N) is 1. The second-order valence-corrected chi connectivity index (χ2v) is 7.62. The van der Waals surface area contributed by atoms with E-state index >= 15 is 0 Å². The lowest BCUT2D eigenvalue weighted by molar-refractivity contribution is -0.0998. The third-order valence-electron chi connectivity index (χ3n) is 3.60. The third kappa shape index (κ3) is 3.79. The van der Waals surface area contributed by atoms with Crippen LogP contribution in [0.15, 0.2) is 15.9 Å². The van der Waals surface area contributed by atoms with E-state index in [9.17, 15) is 0 Å². The normalized spacial score (nSPS) is 23.2. The Morgan fingerprint density at radius 2 is 2.32 bits per heavy atom. The molecule has 1 aliphatic rings. The van der Waals surface area contributed by atoms with E-state index in [-0.39, 0.29) is 11.6 Å². The highest BCUT2D eigenvalue weighted by Gasteiger charge is 2.34. The minimum atomic E-state index is -0.0849. The Bertz CT molecular complexity index is 421. The van der Waals surface area contributed by atoms with Crippen molar-refractivity contribution in [3.8, 4) is 0 Å². The predicted molar refractivity (Wildman–Crippen MR) is 84.6 cm³/mol. The molecule has 2 atom stereocenters. The molecule has 5 heteroatoms. The van der Waals surface area contributed by atoms with Gasteiger partial charge in [-0.1, -0.05) is 6.92 Å². The van der Waals surface area contributed by atoms with Crippen molar-refractivity contribution in [1.82, 2.24) is 4.90 Å².